The van der Waals surface area contributed by atoms with Crippen LogP contribution in [-0.4, -0.2) is 40.8 Å². The highest BCUT2D eigenvalue weighted by Gasteiger charge is 2.26. The van der Waals surface area contributed by atoms with Gasteiger partial charge in [0.2, 0.25) is 5.91 Å². The van der Waals surface area contributed by atoms with Crippen LogP contribution in [0, 0.1) is 0 Å². The highest BCUT2D eigenvalue weighted by atomic mass is 16.4. The van der Waals surface area contributed by atoms with E-state index in [1.165, 1.54) is 6.92 Å². The van der Waals surface area contributed by atoms with Gasteiger partial charge in [0, 0.05) is 6.92 Å². The molecule has 0 saturated heterocycles. The van der Waals surface area contributed by atoms with Crippen LogP contribution in [-0.2, 0) is 9.59 Å². The van der Waals surface area contributed by atoms with Crippen LogP contribution in [0.2, 0.25) is 0 Å². The number of nitrogens with one attached hydrogen (secondary N) is 1. The van der Waals surface area contributed by atoms with Gasteiger partial charge in [-0.3, -0.25) is 4.79 Å². The summed E-state index contributed by atoms with van der Waals surface area (Å²) in [5, 5.41) is 20.0. The summed E-state index contributed by atoms with van der Waals surface area (Å²) in [4.78, 5) is 21.1. The van der Waals surface area contributed by atoms with Crippen molar-refractivity contribution in [2.45, 2.75) is 25.5 Å². The average molecular weight is 190 g/mol. The molecule has 76 valence electrons. The molecule has 0 heterocycles. The first-order valence-corrected chi connectivity index (χ1v) is 3.87. The van der Waals surface area contributed by atoms with Gasteiger partial charge in [0.25, 0.3) is 0 Å². The van der Waals surface area contributed by atoms with Crippen molar-refractivity contribution in [3.8, 4) is 0 Å². The van der Waals surface area contributed by atoms with E-state index in [1.54, 1.807) is 0 Å². The summed E-state index contributed by atoms with van der Waals surface area (Å²) in [5.41, 5.74) is 5.13. The predicted octanol–water partition coefficient (Wildman–Crippen LogP) is -1.71. The van der Waals surface area contributed by atoms with Crippen LogP contribution in [0.5, 0.6) is 0 Å². The fourth-order valence-electron chi connectivity index (χ4n) is 0.879. The van der Waals surface area contributed by atoms with Crippen molar-refractivity contribution in [2.24, 2.45) is 5.73 Å². The van der Waals surface area contributed by atoms with Crippen molar-refractivity contribution in [2.75, 3.05) is 6.54 Å². The largest absolute Gasteiger partial charge is 0.480 e. The van der Waals surface area contributed by atoms with Crippen LogP contribution in [0.1, 0.15) is 13.3 Å². The van der Waals surface area contributed by atoms with Gasteiger partial charge in [0.05, 0.1) is 6.10 Å². The number of hydrogen-bond donors (Lipinski definition) is 4. The van der Waals surface area contributed by atoms with Crippen LogP contribution in [0.15, 0.2) is 0 Å². The minimum atomic E-state index is -1.28. The van der Waals surface area contributed by atoms with Crippen molar-refractivity contribution < 1.29 is 19.8 Å². The molecule has 0 radical (unpaired) electrons. The van der Waals surface area contributed by atoms with E-state index in [9.17, 15) is 14.7 Å². The Bertz CT molecular complexity index is 195. The molecule has 0 aliphatic heterocycles. The maximum Gasteiger partial charge on any atom is 0.328 e. The zero-order valence-electron chi connectivity index (χ0n) is 7.36. The Morgan fingerprint density at radius 1 is 1.54 bits per heavy atom. The number of nitrogens with two attached hydrogens (primary N) is 1. The lowest BCUT2D eigenvalue weighted by atomic mass is 10.1. The molecule has 0 spiro atoms. The molecule has 0 aromatic heterocycles. The molecule has 6 nitrogen and oxygen atoms in total. The van der Waals surface area contributed by atoms with Gasteiger partial charge in [-0.25, -0.2) is 4.79 Å². The Kier molecular flexibility index (Phi) is 5.01. The third-order valence-electron chi connectivity index (χ3n) is 1.47. The van der Waals surface area contributed by atoms with Gasteiger partial charge >= 0.3 is 5.97 Å². The van der Waals surface area contributed by atoms with E-state index in [4.69, 9.17) is 10.8 Å². The van der Waals surface area contributed by atoms with Gasteiger partial charge in [0.15, 0.2) is 6.04 Å². The first-order valence-electron chi connectivity index (χ1n) is 3.87. The van der Waals surface area contributed by atoms with E-state index in [-0.39, 0.29) is 13.0 Å². The Labute approximate surface area is 75.7 Å². The molecule has 0 bridgehead atoms. The molecule has 0 saturated carbocycles. The van der Waals surface area contributed by atoms with Gasteiger partial charge in [-0.1, -0.05) is 0 Å². The zero-order valence-corrected chi connectivity index (χ0v) is 7.36. The number of carbonyl (C=O) groups is 2. The number of carboxylic acid groups (broad SMARTS) is 1. The van der Waals surface area contributed by atoms with Gasteiger partial charge in [-0.05, 0) is 13.0 Å². The highest BCUT2D eigenvalue weighted by molar-refractivity contribution is 5.82. The Morgan fingerprint density at radius 2 is 2.08 bits per heavy atom. The number of amides is 1. The standard InChI is InChI=1S/C7H14N2O4/c1-4(10)9-6(7(12)13)5(11)2-3-8/h5-6,11H,2-3,8H2,1H3,(H,9,10)(H,12,13)/t5-,6+/m1/s1. The lowest BCUT2D eigenvalue weighted by Gasteiger charge is -2.18. The van der Waals surface area contributed by atoms with E-state index in [0.717, 1.165) is 0 Å². The van der Waals surface area contributed by atoms with Crippen LogP contribution >= 0.6 is 0 Å². The molecule has 0 aromatic carbocycles. The van der Waals surface area contributed by atoms with E-state index < -0.39 is 24.0 Å². The summed E-state index contributed by atoms with van der Waals surface area (Å²) in [7, 11) is 0. The van der Waals surface area contributed by atoms with Gasteiger partial charge in [-0.2, -0.15) is 0 Å². The summed E-state index contributed by atoms with van der Waals surface area (Å²) < 4.78 is 0. The fraction of sp³-hybridized carbons (Fsp3) is 0.714. The van der Waals surface area contributed by atoms with Crippen molar-refractivity contribution >= 4 is 11.9 Å². The zero-order chi connectivity index (χ0) is 10.4. The molecule has 0 aromatic rings. The molecule has 5 N–H and O–H groups in total. The van der Waals surface area contributed by atoms with Gasteiger partial charge in [0.1, 0.15) is 0 Å². The first kappa shape index (κ1) is 11.9. The molecule has 1 amide bonds. The average Bonchev–Trinajstić information content (AvgIpc) is 1.99. The topological polar surface area (TPSA) is 113 Å². The van der Waals surface area contributed by atoms with Crippen LogP contribution in [0.25, 0.3) is 0 Å². The quantitative estimate of drug-likeness (QED) is 0.412. The van der Waals surface area contributed by atoms with Gasteiger partial charge < -0.3 is 21.3 Å². The number of hydrogen-bond acceptors (Lipinski definition) is 4. The molecule has 0 fully saturated rings. The van der Waals surface area contributed by atoms with Crippen molar-refractivity contribution in [3.05, 3.63) is 0 Å². The number of carboxylic acids is 1. The fourth-order valence-corrected chi connectivity index (χ4v) is 0.879. The minimum absolute atomic E-state index is 0.136. The van der Waals surface area contributed by atoms with Crippen LogP contribution in [0.3, 0.4) is 0 Å². The Morgan fingerprint density at radius 3 is 2.38 bits per heavy atom. The number of rotatable bonds is 5. The third-order valence-corrected chi connectivity index (χ3v) is 1.47. The summed E-state index contributed by atoms with van der Waals surface area (Å²) in [5.74, 6) is -1.76. The van der Waals surface area contributed by atoms with Crippen molar-refractivity contribution in [3.63, 3.8) is 0 Å². The summed E-state index contributed by atoms with van der Waals surface area (Å²) >= 11 is 0. The predicted molar refractivity (Wildman–Crippen MR) is 44.9 cm³/mol. The number of carbonyl (C=O) groups excluding carboxylic acids is 1. The molecule has 2 atom stereocenters. The van der Waals surface area contributed by atoms with Crippen molar-refractivity contribution in [1.82, 2.24) is 5.32 Å². The maximum atomic E-state index is 10.6. The lowest BCUT2D eigenvalue weighted by molar-refractivity contribution is -0.144. The summed E-state index contributed by atoms with van der Waals surface area (Å²) in [6.45, 7) is 1.36. The molecule has 0 unspecified atom stereocenters. The summed E-state index contributed by atoms with van der Waals surface area (Å²) in [6, 6.07) is -1.28. The Hall–Kier alpha value is -1.14. The summed E-state index contributed by atoms with van der Waals surface area (Å²) in [6.07, 6.45) is -1.01. The molecule has 6 heteroatoms. The molecule has 0 rings (SSSR count). The molecule has 0 aliphatic carbocycles. The molecule has 13 heavy (non-hydrogen) atoms. The smallest absolute Gasteiger partial charge is 0.328 e. The second-order valence-electron chi connectivity index (χ2n) is 2.66. The van der Waals surface area contributed by atoms with E-state index in [2.05, 4.69) is 5.32 Å². The van der Waals surface area contributed by atoms with E-state index in [1.807, 2.05) is 0 Å². The SMILES string of the molecule is CC(=O)N[C@H](C(=O)O)[C@H](O)CCN. The van der Waals surface area contributed by atoms with Crippen LogP contribution in [0.4, 0.5) is 0 Å². The monoisotopic (exact) mass is 190 g/mol. The van der Waals surface area contributed by atoms with Crippen molar-refractivity contribution in [1.29, 1.82) is 0 Å². The molecular weight excluding hydrogens is 176 g/mol. The minimum Gasteiger partial charge on any atom is -0.480 e. The lowest BCUT2D eigenvalue weighted by Crippen LogP contribution is -2.48. The second kappa shape index (κ2) is 5.50. The normalized spacial score (nSPS) is 14.7. The van der Waals surface area contributed by atoms with Crippen LogP contribution < -0.4 is 11.1 Å². The van der Waals surface area contributed by atoms with E-state index in [0.29, 0.717) is 0 Å². The second-order valence-corrected chi connectivity index (χ2v) is 2.66. The third kappa shape index (κ3) is 4.44. The number of aliphatic carboxylic acids is 1. The Balaban J connectivity index is 4.23. The van der Waals surface area contributed by atoms with E-state index >= 15 is 0 Å². The first-order chi connectivity index (χ1) is 5.99. The number of aliphatic hydroxyl groups excluding tert-OH is 1. The van der Waals surface area contributed by atoms with Gasteiger partial charge in [-0.15, -0.1) is 0 Å². The number of aliphatic hydroxyl groups is 1. The molecular formula is C7H14N2O4. The highest BCUT2D eigenvalue weighted by Crippen LogP contribution is 1.98. The molecule has 0 aliphatic rings. The maximum absolute atomic E-state index is 10.6.